The number of piperazine rings is 1. The topological polar surface area (TPSA) is 43.9 Å². The number of amides is 1. The van der Waals surface area contributed by atoms with Crippen molar-refractivity contribution >= 4 is 11.7 Å². The lowest BCUT2D eigenvalue weighted by atomic mass is 10.1. The normalized spacial score (nSPS) is 22.6. The predicted molar refractivity (Wildman–Crippen MR) is 69.8 cm³/mol. The Labute approximate surface area is 121 Å². The second-order valence-corrected chi connectivity index (χ2v) is 5.59. The predicted octanol–water partition coefficient (Wildman–Crippen LogP) is 0.358. The van der Waals surface area contributed by atoms with Crippen LogP contribution in [0, 0.1) is 0 Å². The summed E-state index contributed by atoms with van der Waals surface area (Å²) >= 11 is 0. The van der Waals surface area contributed by atoms with Crippen molar-refractivity contribution in [2.45, 2.75) is 19.0 Å². The minimum Gasteiger partial charge on any atom is -0.341 e. The van der Waals surface area contributed by atoms with Crippen molar-refractivity contribution in [2.24, 2.45) is 0 Å². The number of carbonyl (C=O) groups is 2. The number of ketones is 1. The molecule has 2 saturated heterocycles. The monoisotopic (exact) mass is 307 g/mol. The third-order valence-electron chi connectivity index (χ3n) is 3.90. The van der Waals surface area contributed by atoms with Crippen LogP contribution >= 0.6 is 0 Å². The first-order chi connectivity index (χ1) is 9.83. The highest BCUT2D eigenvalue weighted by molar-refractivity contribution is 5.84. The van der Waals surface area contributed by atoms with Gasteiger partial charge in [0.05, 0.1) is 13.1 Å². The second kappa shape index (κ2) is 6.74. The molecule has 0 atom stereocenters. The van der Waals surface area contributed by atoms with E-state index in [1.54, 1.807) is 4.90 Å². The number of carbonyl (C=O) groups excluding carboxylic acids is 2. The minimum atomic E-state index is -4.17. The van der Waals surface area contributed by atoms with Crippen molar-refractivity contribution in [3.8, 4) is 0 Å². The van der Waals surface area contributed by atoms with Gasteiger partial charge in [0.1, 0.15) is 5.78 Å². The lowest BCUT2D eigenvalue weighted by molar-refractivity contribution is -0.150. The lowest BCUT2D eigenvalue weighted by Gasteiger charge is -2.36. The highest BCUT2D eigenvalue weighted by Gasteiger charge is 2.32. The molecule has 0 spiro atoms. The highest BCUT2D eigenvalue weighted by Crippen LogP contribution is 2.17. The van der Waals surface area contributed by atoms with Gasteiger partial charge < -0.3 is 4.90 Å². The Morgan fingerprint density at radius 1 is 0.952 bits per heavy atom. The Bertz CT molecular complexity index is 383. The minimum absolute atomic E-state index is 0.0354. The molecule has 0 unspecified atom stereocenters. The number of halogens is 3. The molecule has 0 aromatic heterocycles. The van der Waals surface area contributed by atoms with Gasteiger partial charge in [-0.1, -0.05) is 0 Å². The molecule has 8 heteroatoms. The van der Waals surface area contributed by atoms with Crippen molar-refractivity contribution in [2.75, 3.05) is 52.4 Å². The Kier molecular flexibility index (Phi) is 5.21. The van der Waals surface area contributed by atoms with Crippen LogP contribution in [0.4, 0.5) is 13.2 Å². The summed E-state index contributed by atoms with van der Waals surface area (Å²) in [6.07, 6.45) is -3.35. The largest absolute Gasteiger partial charge is 0.401 e. The average Bonchev–Trinajstić information content (AvgIpc) is 2.40. The summed E-state index contributed by atoms with van der Waals surface area (Å²) in [4.78, 5) is 28.1. The van der Waals surface area contributed by atoms with E-state index >= 15 is 0 Å². The van der Waals surface area contributed by atoms with E-state index in [0.717, 1.165) is 0 Å². The molecule has 2 rings (SSSR count). The summed E-state index contributed by atoms with van der Waals surface area (Å²) in [6.45, 7) is 1.86. The molecule has 0 bridgehead atoms. The molecular weight excluding hydrogens is 287 g/mol. The van der Waals surface area contributed by atoms with Gasteiger partial charge in [-0.3, -0.25) is 19.4 Å². The third kappa shape index (κ3) is 5.28. The van der Waals surface area contributed by atoms with E-state index in [9.17, 15) is 22.8 Å². The first-order valence-corrected chi connectivity index (χ1v) is 7.14. The third-order valence-corrected chi connectivity index (χ3v) is 3.90. The van der Waals surface area contributed by atoms with Crippen LogP contribution in [0.3, 0.4) is 0 Å². The quantitative estimate of drug-likeness (QED) is 0.755. The molecule has 0 saturated carbocycles. The molecular formula is C13H20F3N3O2. The molecule has 0 radical (unpaired) electrons. The summed E-state index contributed by atoms with van der Waals surface area (Å²) in [5.74, 6) is 0.145. The maximum atomic E-state index is 12.3. The molecule has 120 valence electrons. The van der Waals surface area contributed by atoms with Gasteiger partial charge in [-0.2, -0.15) is 13.2 Å². The van der Waals surface area contributed by atoms with Gasteiger partial charge in [0, 0.05) is 52.1 Å². The molecule has 0 N–H and O–H groups in total. The van der Waals surface area contributed by atoms with Gasteiger partial charge in [0.15, 0.2) is 0 Å². The molecule has 2 aliphatic rings. The zero-order valence-electron chi connectivity index (χ0n) is 11.9. The number of hydrogen-bond acceptors (Lipinski definition) is 4. The number of likely N-dealkylation sites (tertiary alicyclic amines) is 1. The van der Waals surface area contributed by atoms with E-state index in [0.29, 0.717) is 52.1 Å². The zero-order valence-corrected chi connectivity index (χ0v) is 11.9. The van der Waals surface area contributed by atoms with Gasteiger partial charge in [-0.05, 0) is 0 Å². The van der Waals surface area contributed by atoms with E-state index in [4.69, 9.17) is 0 Å². The number of piperidine rings is 1. The Morgan fingerprint density at radius 2 is 1.48 bits per heavy atom. The van der Waals surface area contributed by atoms with Gasteiger partial charge in [0.25, 0.3) is 0 Å². The van der Waals surface area contributed by atoms with Crippen LogP contribution in [0.1, 0.15) is 12.8 Å². The molecule has 0 aromatic carbocycles. The molecule has 21 heavy (non-hydrogen) atoms. The molecule has 0 aliphatic carbocycles. The number of Topliss-reactive ketones (excluding diaryl/α,β-unsaturated/α-hetero) is 1. The van der Waals surface area contributed by atoms with Crippen molar-refractivity contribution in [1.82, 2.24) is 14.7 Å². The maximum absolute atomic E-state index is 12.3. The van der Waals surface area contributed by atoms with Gasteiger partial charge in [-0.15, -0.1) is 0 Å². The number of alkyl halides is 3. The van der Waals surface area contributed by atoms with Crippen LogP contribution in [0.5, 0.6) is 0 Å². The summed E-state index contributed by atoms with van der Waals surface area (Å²) in [6, 6.07) is 0. The van der Waals surface area contributed by atoms with Crippen molar-refractivity contribution in [1.29, 1.82) is 0 Å². The number of hydrogen-bond donors (Lipinski definition) is 0. The van der Waals surface area contributed by atoms with Gasteiger partial charge in [0.2, 0.25) is 5.91 Å². The molecule has 0 aromatic rings. The highest BCUT2D eigenvalue weighted by atomic mass is 19.4. The molecule has 5 nitrogen and oxygen atoms in total. The fourth-order valence-electron chi connectivity index (χ4n) is 2.66. The van der Waals surface area contributed by atoms with Crippen LogP contribution < -0.4 is 0 Å². The van der Waals surface area contributed by atoms with Crippen LogP contribution in [0.15, 0.2) is 0 Å². The Hall–Kier alpha value is -1.15. The average molecular weight is 307 g/mol. The maximum Gasteiger partial charge on any atom is 0.401 e. The number of nitrogens with zero attached hydrogens (tertiary/aromatic N) is 3. The summed E-state index contributed by atoms with van der Waals surface area (Å²) in [5.41, 5.74) is 0. The SMILES string of the molecule is O=C1CCN(C(=O)CN2CCN(CC(F)(F)F)CC2)CC1. The van der Waals surface area contributed by atoms with E-state index in [1.807, 2.05) is 4.90 Å². The lowest BCUT2D eigenvalue weighted by Crippen LogP contribution is -2.52. The van der Waals surface area contributed by atoms with Crippen LogP contribution in [-0.2, 0) is 9.59 Å². The van der Waals surface area contributed by atoms with E-state index in [2.05, 4.69) is 0 Å². The summed E-state index contributed by atoms with van der Waals surface area (Å²) < 4.78 is 36.8. The first kappa shape index (κ1) is 16.2. The van der Waals surface area contributed by atoms with Crippen molar-refractivity contribution in [3.05, 3.63) is 0 Å². The van der Waals surface area contributed by atoms with Crippen molar-refractivity contribution in [3.63, 3.8) is 0 Å². The van der Waals surface area contributed by atoms with Crippen LogP contribution in [0.2, 0.25) is 0 Å². The standard InChI is InChI=1S/C13H20F3N3O2/c14-13(15,16)10-18-7-5-17(6-8-18)9-12(21)19-3-1-11(20)2-4-19/h1-10H2. The van der Waals surface area contributed by atoms with E-state index in [-0.39, 0.29) is 18.2 Å². The van der Waals surface area contributed by atoms with E-state index in [1.165, 1.54) is 4.90 Å². The Morgan fingerprint density at radius 3 is 2.00 bits per heavy atom. The second-order valence-electron chi connectivity index (χ2n) is 5.59. The molecule has 2 heterocycles. The zero-order chi connectivity index (χ0) is 15.5. The number of rotatable bonds is 3. The van der Waals surface area contributed by atoms with Gasteiger partial charge in [-0.25, -0.2) is 0 Å². The molecule has 2 aliphatic heterocycles. The molecule has 1 amide bonds. The van der Waals surface area contributed by atoms with Crippen molar-refractivity contribution < 1.29 is 22.8 Å². The van der Waals surface area contributed by atoms with E-state index < -0.39 is 12.7 Å². The fraction of sp³-hybridized carbons (Fsp3) is 0.846. The fourth-order valence-corrected chi connectivity index (χ4v) is 2.66. The van der Waals surface area contributed by atoms with Crippen LogP contribution in [0.25, 0.3) is 0 Å². The Balaban J connectivity index is 1.71. The smallest absolute Gasteiger partial charge is 0.341 e. The van der Waals surface area contributed by atoms with Crippen LogP contribution in [-0.4, -0.2) is 84.9 Å². The first-order valence-electron chi connectivity index (χ1n) is 7.14. The molecule has 2 fully saturated rings. The van der Waals surface area contributed by atoms with Gasteiger partial charge >= 0.3 is 6.18 Å². The summed E-state index contributed by atoms with van der Waals surface area (Å²) in [7, 11) is 0. The summed E-state index contributed by atoms with van der Waals surface area (Å²) in [5, 5.41) is 0.